The first-order valence-corrected chi connectivity index (χ1v) is 11.4. The molecule has 0 atom stereocenters. The summed E-state index contributed by atoms with van der Waals surface area (Å²) in [5.41, 5.74) is 0. The van der Waals surface area contributed by atoms with Crippen LogP contribution in [0.5, 0.6) is 0 Å². The predicted octanol–water partition coefficient (Wildman–Crippen LogP) is 8.14. The molecule has 0 aromatic heterocycles. The van der Waals surface area contributed by atoms with Gasteiger partial charge in [-0.25, -0.2) is 0 Å². The molecule has 0 spiro atoms. The Morgan fingerprint density at radius 2 is 0.920 bits per heavy atom. The van der Waals surface area contributed by atoms with Crippen LogP contribution in [0, 0.1) is 5.92 Å². The van der Waals surface area contributed by atoms with E-state index in [0.29, 0.717) is 12.3 Å². The number of carboxylic acids is 1. The monoisotopic (exact) mass is 354 g/mol. The number of hydrogen-bond donors (Lipinski definition) is 1. The van der Waals surface area contributed by atoms with Crippen LogP contribution in [0.4, 0.5) is 0 Å². The van der Waals surface area contributed by atoms with E-state index < -0.39 is 5.97 Å². The lowest BCUT2D eigenvalue weighted by Gasteiger charge is -2.14. The Balaban J connectivity index is 3.60. The molecule has 0 bridgehead atoms. The van der Waals surface area contributed by atoms with Gasteiger partial charge in [-0.15, -0.1) is 0 Å². The van der Waals surface area contributed by atoms with Gasteiger partial charge in [0.15, 0.2) is 0 Å². The van der Waals surface area contributed by atoms with Gasteiger partial charge < -0.3 is 5.11 Å². The molecule has 0 aliphatic heterocycles. The zero-order chi connectivity index (χ0) is 18.6. The molecule has 2 heteroatoms. The lowest BCUT2D eigenvalue weighted by atomic mass is 9.91. The van der Waals surface area contributed by atoms with Crippen LogP contribution < -0.4 is 0 Å². The molecule has 0 aliphatic carbocycles. The van der Waals surface area contributed by atoms with E-state index in [9.17, 15) is 4.79 Å². The molecule has 0 unspecified atom stereocenters. The van der Waals surface area contributed by atoms with Crippen molar-refractivity contribution in [3.05, 3.63) is 0 Å². The molecule has 0 saturated carbocycles. The molecule has 0 heterocycles. The second-order valence-corrected chi connectivity index (χ2v) is 7.99. The quantitative estimate of drug-likeness (QED) is 0.224. The zero-order valence-electron chi connectivity index (χ0n) is 17.4. The molecule has 0 rings (SSSR count). The van der Waals surface area contributed by atoms with E-state index in [1.165, 1.54) is 103 Å². The predicted molar refractivity (Wildman–Crippen MR) is 110 cm³/mol. The van der Waals surface area contributed by atoms with Crippen LogP contribution in [0.3, 0.4) is 0 Å². The fourth-order valence-corrected chi connectivity index (χ4v) is 3.73. The van der Waals surface area contributed by atoms with E-state index in [2.05, 4.69) is 13.8 Å². The van der Waals surface area contributed by atoms with Gasteiger partial charge in [0.2, 0.25) is 0 Å². The molecular formula is C23H46O2. The van der Waals surface area contributed by atoms with Gasteiger partial charge in [0, 0.05) is 6.42 Å². The highest BCUT2D eigenvalue weighted by molar-refractivity contribution is 5.66. The lowest BCUT2D eigenvalue weighted by molar-refractivity contribution is -0.138. The Kier molecular flexibility index (Phi) is 19.4. The summed E-state index contributed by atoms with van der Waals surface area (Å²) in [5, 5.41) is 9.13. The van der Waals surface area contributed by atoms with Crippen molar-refractivity contribution in [1.29, 1.82) is 0 Å². The van der Waals surface area contributed by atoms with Crippen LogP contribution >= 0.6 is 0 Å². The average Bonchev–Trinajstić information content (AvgIpc) is 2.58. The van der Waals surface area contributed by atoms with Gasteiger partial charge in [-0.1, -0.05) is 117 Å². The summed E-state index contributed by atoms with van der Waals surface area (Å²) >= 11 is 0. The number of hydrogen-bond acceptors (Lipinski definition) is 1. The maximum absolute atomic E-state index is 11.1. The molecular weight excluding hydrogens is 308 g/mol. The highest BCUT2D eigenvalue weighted by Gasteiger charge is 2.12. The molecule has 0 aliphatic rings. The fraction of sp³-hybridized carbons (Fsp3) is 0.957. The van der Waals surface area contributed by atoms with Crippen LogP contribution in [0.15, 0.2) is 0 Å². The number of carboxylic acid groups (broad SMARTS) is 1. The van der Waals surface area contributed by atoms with Gasteiger partial charge in [0.25, 0.3) is 0 Å². The Morgan fingerprint density at radius 3 is 1.24 bits per heavy atom. The Labute approximate surface area is 158 Å². The lowest BCUT2D eigenvalue weighted by Crippen LogP contribution is -2.08. The van der Waals surface area contributed by atoms with Crippen molar-refractivity contribution in [2.75, 3.05) is 0 Å². The van der Waals surface area contributed by atoms with E-state index in [4.69, 9.17) is 5.11 Å². The summed E-state index contributed by atoms with van der Waals surface area (Å²) in [4.78, 5) is 11.1. The fourth-order valence-electron chi connectivity index (χ4n) is 3.73. The number of carbonyl (C=O) groups is 1. The van der Waals surface area contributed by atoms with E-state index >= 15 is 0 Å². The number of unbranched alkanes of at least 4 members (excludes halogenated alkanes) is 14. The Morgan fingerprint density at radius 1 is 0.600 bits per heavy atom. The minimum Gasteiger partial charge on any atom is -0.481 e. The summed E-state index contributed by atoms with van der Waals surface area (Å²) in [6.45, 7) is 4.52. The van der Waals surface area contributed by atoms with E-state index in [0.717, 1.165) is 12.8 Å². The Hall–Kier alpha value is -0.530. The second kappa shape index (κ2) is 19.8. The second-order valence-electron chi connectivity index (χ2n) is 7.99. The van der Waals surface area contributed by atoms with Crippen molar-refractivity contribution >= 4 is 5.97 Å². The SMILES string of the molecule is CCCCCCCCCCC(CCCCCCCCCC)CC(=O)O. The van der Waals surface area contributed by atoms with Crippen LogP contribution in [-0.4, -0.2) is 11.1 Å². The summed E-state index contributed by atoms with van der Waals surface area (Å²) in [6, 6.07) is 0. The van der Waals surface area contributed by atoms with Gasteiger partial charge >= 0.3 is 5.97 Å². The third-order valence-electron chi connectivity index (χ3n) is 5.40. The minimum absolute atomic E-state index is 0.382. The van der Waals surface area contributed by atoms with Crippen molar-refractivity contribution in [3.63, 3.8) is 0 Å². The van der Waals surface area contributed by atoms with E-state index in [-0.39, 0.29) is 0 Å². The largest absolute Gasteiger partial charge is 0.481 e. The molecule has 25 heavy (non-hydrogen) atoms. The normalized spacial score (nSPS) is 11.3. The first kappa shape index (κ1) is 24.5. The maximum atomic E-state index is 11.1. The molecule has 0 radical (unpaired) electrons. The molecule has 2 nitrogen and oxygen atoms in total. The highest BCUT2D eigenvalue weighted by Crippen LogP contribution is 2.22. The Bertz CT molecular complexity index is 255. The third-order valence-corrected chi connectivity index (χ3v) is 5.40. The molecule has 0 saturated heterocycles. The van der Waals surface area contributed by atoms with E-state index in [1.807, 2.05) is 0 Å². The van der Waals surface area contributed by atoms with Crippen LogP contribution in [0.25, 0.3) is 0 Å². The smallest absolute Gasteiger partial charge is 0.303 e. The molecule has 0 fully saturated rings. The van der Waals surface area contributed by atoms with Crippen molar-refractivity contribution in [3.8, 4) is 0 Å². The van der Waals surface area contributed by atoms with Crippen LogP contribution in [0.2, 0.25) is 0 Å². The van der Waals surface area contributed by atoms with Crippen molar-refractivity contribution in [1.82, 2.24) is 0 Å². The minimum atomic E-state index is -0.607. The van der Waals surface area contributed by atoms with Crippen molar-refractivity contribution in [2.24, 2.45) is 5.92 Å². The maximum Gasteiger partial charge on any atom is 0.303 e. The van der Waals surface area contributed by atoms with Gasteiger partial charge in [-0.3, -0.25) is 4.79 Å². The summed E-state index contributed by atoms with van der Waals surface area (Å²) in [6.07, 6.45) is 24.0. The van der Waals surface area contributed by atoms with Crippen LogP contribution in [-0.2, 0) is 4.79 Å². The number of aliphatic carboxylic acids is 1. The van der Waals surface area contributed by atoms with Crippen molar-refractivity contribution < 1.29 is 9.90 Å². The molecule has 0 aromatic rings. The summed E-state index contributed by atoms with van der Waals surface area (Å²) in [5.74, 6) is -0.193. The third kappa shape index (κ3) is 19.6. The van der Waals surface area contributed by atoms with E-state index in [1.54, 1.807) is 0 Å². The highest BCUT2D eigenvalue weighted by atomic mass is 16.4. The molecule has 150 valence electrons. The molecule has 0 aromatic carbocycles. The topological polar surface area (TPSA) is 37.3 Å². The summed E-state index contributed by atoms with van der Waals surface area (Å²) in [7, 11) is 0. The standard InChI is InChI=1S/C23H46O2/c1-3-5-7-9-11-13-15-17-19-22(21-23(24)25)20-18-16-14-12-10-8-6-4-2/h22H,3-21H2,1-2H3,(H,24,25). The zero-order valence-corrected chi connectivity index (χ0v) is 17.4. The van der Waals surface area contributed by atoms with Gasteiger partial charge in [0.1, 0.15) is 0 Å². The van der Waals surface area contributed by atoms with Crippen LogP contribution in [0.1, 0.15) is 136 Å². The van der Waals surface area contributed by atoms with Gasteiger partial charge in [-0.2, -0.15) is 0 Å². The first-order valence-electron chi connectivity index (χ1n) is 11.4. The summed E-state index contributed by atoms with van der Waals surface area (Å²) < 4.78 is 0. The van der Waals surface area contributed by atoms with Gasteiger partial charge in [0.05, 0.1) is 0 Å². The van der Waals surface area contributed by atoms with Crippen molar-refractivity contribution in [2.45, 2.75) is 136 Å². The molecule has 1 N–H and O–H groups in total. The van der Waals surface area contributed by atoms with Gasteiger partial charge in [-0.05, 0) is 18.8 Å². The number of rotatable bonds is 20. The first-order chi connectivity index (χ1) is 12.2. The molecule has 0 amide bonds. The average molecular weight is 355 g/mol.